The van der Waals surface area contributed by atoms with E-state index in [4.69, 9.17) is 11.6 Å². The lowest BCUT2D eigenvalue weighted by Gasteiger charge is -2.14. The zero-order valence-electron chi connectivity index (χ0n) is 12.8. The molecule has 3 aromatic rings. The highest BCUT2D eigenvalue weighted by Crippen LogP contribution is 2.28. The molecule has 1 aromatic heterocycles. The Morgan fingerprint density at radius 1 is 1.08 bits per heavy atom. The number of benzene rings is 2. The second-order valence-electron chi connectivity index (χ2n) is 5.12. The molecule has 1 amide bonds. The third-order valence-electron chi connectivity index (χ3n) is 3.36. The molecule has 0 bridgehead atoms. The van der Waals surface area contributed by atoms with Crippen LogP contribution in [0.4, 0.5) is 21.5 Å². The normalized spacial score (nSPS) is 10.4. The highest BCUT2D eigenvalue weighted by atomic mass is 79.9. The number of amides is 1. The van der Waals surface area contributed by atoms with E-state index in [0.717, 1.165) is 10.2 Å². The van der Waals surface area contributed by atoms with Gasteiger partial charge in [0.15, 0.2) is 0 Å². The number of halogens is 3. The zero-order valence-corrected chi connectivity index (χ0v) is 15.1. The second kappa shape index (κ2) is 7.63. The SMILES string of the molecule is O=C(Nc1ccc(F)cc1Nc1ccc(Br)cc1)c1cccnc1Cl. The molecule has 0 saturated heterocycles. The lowest BCUT2D eigenvalue weighted by molar-refractivity contribution is 0.102. The molecule has 0 saturated carbocycles. The van der Waals surface area contributed by atoms with Gasteiger partial charge in [-0.2, -0.15) is 0 Å². The van der Waals surface area contributed by atoms with Crippen LogP contribution in [0, 0.1) is 5.82 Å². The molecule has 0 aliphatic rings. The average molecular weight is 421 g/mol. The van der Waals surface area contributed by atoms with Gasteiger partial charge in [0.2, 0.25) is 0 Å². The van der Waals surface area contributed by atoms with E-state index in [1.807, 2.05) is 24.3 Å². The molecule has 0 aliphatic carbocycles. The Morgan fingerprint density at radius 2 is 1.84 bits per heavy atom. The summed E-state index contributed by atoms with van der Waals surface area (Å²) in [5.74, 6) is -0.847. The molecule has 3 rings (SSSR count). The number of carbonyl (C=O) groups excluding carboxylic acids is 1. The summed E-state index contributed by atoms with van der Waals surface area (Å²) in [5.41, 5.74) is 1.84. The number of anilines is 3. The largest absolute Gasteiger partial charge is 0.354 e. The average Bonchev–Trinajstić information content (AvgIpc) is 2.59. The van der Waals surface area contributed by atoms with Gasteiger partial charge in [0, 0.05) is 16.4 Å². The van der Waals surface area contributed by atoms with Crippen LogP contribution in [0.5, 0.6) is 0 Å². The van der Waals surface area contributed by atoms with E-state index in [9.17, 15) is 9.18 Å². The van der Waals surface area contributed by atoms with Crippen LogP contribution in [0.25, 0.3) is 0 Å². The van der Waals surface area contributed by atoms with E-state index < -0.39 is 11.7 Å². The molecule has 0 atom stereocenters. The summed E-state index contributed by atoms with van der Waals surface area (Å²) in [7, 11) is 0. The van der Waals surface area contributed by atoms with Gasteiger partial charge in [0.05, 0.1) is 16.9 Å². The van der Waals surface area contributed by atoms with Crippen molar-refractivity contribution in [3.05, 3.63) is 81.8 Å². The van der Waals surface area contributed by atoms with Gasteiger partial charge in [0.1, 0.15) is 11.0 Å². The second-order valence-corrected chi connectivity index (χ2v) is 6.39. The molecular weight excluding hydrogens is 409 g/mol. The maximum Gasteiger partial charge on any atom is 0.258 e. The first-order chi connectivity index (χ1) is 12.0. The highest BCUT2D eigenvalue weighted by molar-refractivity contribution is 9.10. The van der Waals surface area contributed by atoms with Crippen LogP contribution < -0.4 is 10.6 Å². The van der Waals surface area contributed by atoms with Crippen molar-refractivity contribution >= 4 is 50.5 Å². The molecule has 126 valence electrons. The van der Waals surface area contributed by atoms with Crippen molar-refractivity contribution in [3.63, 3.8) is 0 Å². The summed E-state index contributed by atoms with van der Waals surface area (Å²) in [6, 6.07) is 14.6. The van der Waals surface area contributed by atoms with Crippen molar-refractivity contribution in [2.45, 2.75) is 0 Å². The molecule has 2 aromatic carbocycles. The van der Waals surface area contributed by atoms with E-state index in [1.54, 1.807) is 12.1 Å². The number of aromatic nitrogens is 1. The van der Waals surface area contributed by atoms with Crippen molar-refractivity contribution in [3.8, 4) is 0 Å². The third kappa shape index (κ3) is 4.35. The van der Waals surface area contributed by atoms with E-state index in [0.29, 0.717) is 11.4 Å². The molecule has 0 spiro atoms. The maximum absolute atomic E-state index is 13.6. The Morgan fingerprint density at radius 3 is 2.56 bits per heavy atom. The van der Waals surface area contributed by atoms with Gasteiger partial charge in [-0.15, -0.1) is 0 Å². The molecule has 2 N–H and O–H groups in total. The minimum Gasteiger partial charge on any atom is -0.354 e. The van der Waals surface area contributed by atoms with Crippen LogP contribution in [0.15, 0.2) is 65.3 Å². The van der Waals surface area contributed by atoms with Crippen molar-refractivity contribution in [2.75, 3.05) is 10.6 Å². The number of nitrogens with zero attached hydrogens (tertiary/aromatic N) is 1. The third-order valence-corrected chi connectivity index (χ3v) is 4.19. The molecule has 4 nitrogen and oxygen atoms in total. The lowest BCUT2D eigenvalue weighted by Crippen LogP contribution is -2.14. The van der Waals surface area contributed by atoms with Gasteiger partial charge >= 0.3 is 0 Å². The smallest absolute Gasteiger partial charge is 0.258 e. The van der Waals surface area contributed by atoms with Crippen LogP contribution >= 0.6 is 27.5 Å². The van der Waals surface area contributed by atoms with Crippen molar-refractivity contribution in [2.24, 2.45) is 0 Å². The summed E-state index contributed by atoms with van der Waals surface area (Å²) in [4.78, 5) is 16.3. The standard InChI is InChI=1S/C18H12BrClFN3O/c19-11-3-6-13(7-4-11)23-16-10-12(21)5-8-15(16)24-18(25)14-2-1-9-22-17(14)20/h1-10,23H,(H,24,25). The lowest BCUT2D eigenvalue weighted by atomic mass is 10.2. The summed E-state index contributed by atoms with van der Waals surface area (Å²) in [5, 5.41) is 5.91. The van der Waals surface area contributed by atoms with Crippen molar-refractivity contribution in [1.29, 1.82) is 0 Å². The number of pyridine rings is 1. The first kappa shape index (κ1) is 17.4. The first-order valence-electron chi connectivity index (χ1n) is 7.27. The topological polar surface area (TPSA) is 54.0 Å². The van der Waals surface area contributed by atoms with E-state index in [-0.39, 0.29) is 10.7 Å². The van der Waals surface area contributed by atoms with Gasteiger partial charge in [-0.1, -0.05) is 27.5 Å². The monoisotopic (exact) mass is 419 g/mol. The number of nitrogens with one attached hydrogen (secondary N) is 2. The van der Waals surface area contributed by atoms with Gasteiger partial charge in [-0.05, 0) is 54.6 Å². The Labute approximate surface area is 157 Å². The number of rotatable bonds is 4. The Hall–Kier alpha value is -2.44. The van der Waals surface area contributed by atoms with Crippen molar-refractivity contribution in [1.82, 2.24) is 4.98 Å². The summed E-state index contributed by atoms with van der Waals surface area (Å²) in [6.45, 7) is 0. The number of hydrogen-bond donors (Lipinski definition) is 2. The van der Waals surface area contributed by atoms with Crippen LogP contribution in [-0.2, 0) is 0 Å². The molecule has 0 unspecified atom stereocenters. The first-order valence-corrected chi connectivity index (χ1v) is 8.44. The Kier molecular flexibility index (Phi) is 5.31. The van der Waals surface area contributed by atoms with Gasteiger partial charge in [0.25, 0.3) is 5.91 Å². The number of carbonyl (C=O) groups is 1. The molecule has 0 aliphatic heterocycles. The molecule has 1 heterocycles. The summed E-state index contributed by atoms with van der Waals surface area (Å²) in [6.07, 6.45) is 1.50. The zero-order chi connectivity index (χ0) is 17.8. The molecular formula is C18H12BrClFN3O. The Bertz CT molecular complexity index is 918. The van der Waals surface area contributed by atoms with Gasteiger partial charge < -0.3 is 10.6 Å². The molecule has 0 radical (unpaired) electrons. The fourth-order valence-corrected chi connectivity index (χ4v) is 2.63. The van der Waals surface area contributed by atoms with E-state index in [1.165, 1.54) is 24.4 Å². The fourth-order valence-electron chi connectivity index (χ4n) is 2.16. The van der Waals surface area contributed by atoms with E-state index in [2.05, 4.69) is 31.5 Å². The fraction of sp³-hybridized carbons (Fsp3) is 0. The Balaban J connectivity index is 1.87. The van der Waals surface area contributed by atoms with Crippen LogP contribution in [0.3, 0.4) is 0 Å². The van der Waals surface area contributed by atoms with Crippen molar-refractivity contribution < 1.29 is 9.18 Å². The van der Waals surface area contributed by atoms with Crippen LogP contribution in [-0.4, -0.2) is 10.9 Å². The predicted molar refractivity (Wildman–Crippen MR) is 101 cm³/mol. The number of hydrogen-bond acceptors (Lipinski definition) is 3. The maximum atomic E-state index is 13.6. The van der Waals surface area contributed by atoms with Crippen LogP contribution in [0.2, 0.25) is 5.15 Å². The predicted octanol–water partition coefficient (Wildman–Crippen LogP) is 5.63. The minimum absolute atomic E-state index is 0.101. The van der Waals surface area contributed by atoms with Gasteiger partial charge in [-0.25, -0.2) is 9.37 Å². The van der Waals surface area contributed by atoms with Gasteiger partial charge in [-0.3, -0.25) is 4.79 Å². The molecule has 0 fully saturated rings. The van der Waals surface area contributed by atoms with Crippen LogP contribution in [0.1, 0.15) is 10.4 Å². The molecule has 7 heteroatoms. The van der Waals surface area contributed by atoms with E-state index >= 15 is 0 Å². The molecule has 25 heavy (non-hydrogen) atoms. The summed E-state index contributed by atoms with van der Waals surface area (Å²) >= 11 is 9.30. The minimum atomic E-state index is -0.427. The quantitative estimate of drug-likeness (QED) is 0.538. The highest BCUT2D eigenvalue weighted by Gasteiger charge is 2.13. The summed E-state index contributed by atoms with van der Waals surface area (Å²) < 4.78 is 14.6.